The van der Waals surface area contributed by atoms with E-state index in [1.165, 1.54) is 12.6 Å². The molecule has 15 heavy (non-hydrogen) atoms. The quantitative estimate of drug-likeness (QED) is 0.579. The van der Waals surface area contributed by atoms with Crippen molar-refractivity contribution in [1.29, 1.82) is 0 Å². The van der Waals surface area contributed by atoms with Crippen LogP contribution in [0.15, 0.2) is 6.20 Å². The Kier molecular flexibility index (Phi) is 2.90. The number of halogens is 1. The van der Waals surface area contributed by atoms with E-state index in [-0.39, 0.29) is 16.9 Å². The Balaban J connectivity index is 2.21. The summed E-state index contributed by atoms with van der Waals surface area (Å²) in [4.78, 5) is 10.1. The van der Waals surface area contributed by atoms with E-state index in [0.29, 0.717) is 0 Å². The summed E-state index contributed by atoms with van der Waals surface area (Å²) in [5.74, 6) is 0. The first kappa shape index (κ1) is 10.4. The monoisotopic (exact) mass is 229 g/mol. The summed E-state index contributed by atoms with van der Waals surface area (Å²) in [6, 6.07) is 0.282. The molecule has 0 radical (unpaired) electrons. The van der Waals surface area contributed by atoms with Gasteiger partial charge in [0, 0.05) is 0 Å². The van der Waals surface area contributed by atoms with Crippen molar-refractivity contribution in [3.63, 3.8) is 0 Å². The lowest BCUT2D eigenvalue weighted by molar-refractivity contribution is -0.384. The van der Waals surface area contributed by atoms with E-state index in [1.54, 1.807) is 4.68 Å². The lowest BCUT2D eigenvalue weighted by Gasteiger charge is -2.21. The molecule has 0 spiro atoms. The maximum absolute atomic E-state index is 10.6. The Morgan fingerprint density at radius 3 is 2.67 bits per heavy atom. The van der Waals surface area contributed by atoms with Gasteiger partial charge < -0.3 is 0 Å². The number of aromatic nitrogens is 2. The SMILES string of the molecule is O=[N+]([O-])c1cn(C2CCCCC2)nc1Cl. The Labute approximate surface area is 92.2 Å². The van der Waals surface area contributed by atoms with E-state index in [0.717, 1.165) is 25.7 Å². The summed E-state index contributed by atoms with van der Waals surface area (Å²) in [7, 11) is 0. The van der Waals surface area contributed by atoms with Gasteiger partial charge in [0.25, 0.3) is 0 Å². The Morgan fingerprint density at radius 1 is 1.47 bits per heavy atom. The van der Waals surface area contributed by atoms with Crippen LogP contribution in [0, 0.1) is 10.1 Å². The largest absolute Gasteiger partial charge is 0.325 e. The molecule has 0 N–H and O–H groups in total. The van der Waals surface area contributed by atoms with Crippen molar-refractivity contribution < 1.29 is 4.92 Å². The van der Waals surface area contributed by atoms with E-state index in [4.69, 9.17) is 11.6 Å². The third-order valence-electron chi connectivity index (χ3n) is 2.81. The lowest BCUT2D eigenvalue weighted by atomic mass is 9.96. The molecule has 5 nitrogen and oxygen atoms in total. The van der Waals surface area contributed by atoms with Crippen molar-refractivity contribution in [3.05, 3.63) is 21.5 Å². The summed E-state index contributed by atoms with van der Waals surface area (Å²) in [6.45, 7) is 0. The van der Waals surface area contributed by atoms with Crippen LogP contribution in [0.5, 0.6) is 0 Å². The molecule has 6 heteroatoms. The smallest absolute Gasteiger partial charge is 0.261 e. The number of nitrogens with zero attached hydrogens (tertiary/aromatic N) is 3. The van der Waals surface area contributed by atoms with E-state index in [1.807, 2.05) is 0 Å². The molecular formula is C9H12ClN3O2. The maximum Gasteiger partial charge on any atom is 0.325 e. The highest BCUT2D eigenvalue weighted by atomic mass is 35.5. The average Bonchev–Trinajstić information content (AvgIpc) is 2.62. The summed E-state index contributed by atoms with van der Waals surface area (Å²) < 4.78 is 1.65. The fourth-order valence-electron chi connectivity index (χ4n) is 2.02. The van der Waals surface area contributed by atoms with Crippen LogP contribution in [0.3, 0.4) is 0 Å². The predicted octanol–water partition coefficient (Wildman–Crippen LogP) is 2.95. The van der Waals surface area contributed by atoms with Gasteiger partial charge in [-0.25, -0.2) is 0 Å². The Hall–Kier alpha value is -1.10. The normalized spacial score (nSPS) is 17.9. The van der Waals surface area contributed by atoms with Crippen LogP contribution >= 0.6 is 11.6 Å². The molecule has 0 aliphatic heterocycles. The molecule has 1 aliphatic rings. The van der Waals surface area contributed by atoms with Crippen molar-refractivity contribution in [3.8, 4) is 0 Å². The highest BCUT2D eigenvalue weighted by Gasteiger charge is 2.22. The minimum atomic E-state index is -0.491. The van der Waals surface area contributed by atoms with Gasteiger partial charge in [0.1, 0.15) is 6.20 Å². The van der Waals surface area contributed by atoms with Gasteiger partial charge in [-0.3, -0.25) is 14.8 Å². The topological polar surface area (TPSA) is 61.0 Å². The molecule has 1 aliphatic carbocycles. The van der Waals surface area contributed by atoms with Crippen molar-refractivity contribution in [2.45, 2.75) is 38.1 Å². The summed E-state index contributed by atoms with van der Waals surface area (Å²) in [5.41, 5.74) is -0.0951. The van der Waals surface area contributed by atoms with E-state index >= 15 is 0 Å². The average molecular weight is 230 g/mol. The molecule has 82 valence electrons. The van der Waals surface area contributed by atoms with Crippen LogP contribution in [0.4, 0.5) is 5.69 Å². The third-order valence-corrected chi connectivity index (χ3v) is 3.08. The third kappa shape index (κ3) is 2.12. The van der Waals surface area contributed by atoms with Gasteiger partial charge >= 0.3 is 5.69 Å². The molecule has 1 heterocycles. The molecule has 1 aromatic rings. The van der Waals surface area contributed by atoms with E-state index in [2.05, 4.69) is 5.10 Å². The molecule has 0 amide bonds. The van der Waals surface area contributed by atoms with Gasteiger partial charge in [-0.2, -0.15) is 5.10 Å². The van der Waals surface area contributed by atoms with Gasteiger partial charge in [0.05, 0.1) is 11.0 Å². The van der Waals surface area contributed by atoms with Crippen LogP contribution in [0.1, 0.15) is 38.1 Å². The van der Waals surface area contributed by atoms with Crippen molar-refractivity contribution >= 4 is 17.3 Å². The zero-order valence-corrected chi connectivity index (χ0v) is 8.98. The zero-order chi connectivity index (χ0) is 10.8. The molecule has 0 bridgehead atoms. The molecule has 1 aromatic heterocycles. The minimum Gasteiger partial charge on any atom is -0.261 e. The summed E-state index contributed by atoms with van der Waals surface area (Å²) in [6.07, 6.45) is 7.09. The van der Waals surface area contributed by atoms with E-state index < -0.39 is 4.92 Å². The van der Waals surface area contributed by atoms with Crippen LogP contribution in [-0.4, -0.2) is 14.7 Å². The summed E-state index contributed by atoms with van der Waals surface area (Å²) >= 11 is 5.69. The molecule has 1 saturated carbocycles. The first-order valence-electron chi connectivity index (χ1n) is 5.07. The van der Waals surface area contributed by atoms with Gasteiger partial charge in [-0.1, -0.05) is 30.9 Å². The van der Waals surface area contributed by atoms with Gasteiger partial charge in [-0.15, -0.1) is 0 Å². The van der Waals surface area contributed by atoms with Gasteiger partial charge in [0.2, 0.25) is 5.15 Å². The standard InChI is InChI=1S/C9H12ClN3O2/c10-9-8(13(14)15)6-12(11-9)7-4-2-1-3-5-7/h6-7H,1-5H2. The molecule has 0 aromatic carbocycles. The van der Waals surface area contributed by atoms with Crippen LogP contribution in [0.2, 0.25) is 5.15 Å². The van der Waals surface area contributed by atoms with Crippen LogP contribution in [-0.2, 0) is 0 Å². The molecule has 2 rings (SSSR count). The number of rotatable bonds is 2. The number of hydrogen-bond donors (Lipinski definition) is 0. The van der Waals surface area contributed by atoms with Crippen LogP contribution < -0.4 is 0 Å². The molecule has 0 saturated heterocycles. The van der Waals surface area contributed by atoms with Crippen molar-refractivity contribution in [1.82, 2.24) is 9.78 Å². The number of hydrogen-bond acceptors (Lipinski definition) is 3. The number of nitro groups is 1. The van der Waals surface area contributed by atoms with Gasteiger partial charge in [0.15, 0.2) is 0 Å². The predicted molar refractivity (Wildman–Crippen MR) is 56.0 cm³/mol. The second-order valence-corrected chi connectivity index (χ2v) is 4.19. The lowest BCUT2D eigenvalue weighted by Crippen LogP contribution is -2.13. The molecule has 1 fully saturated rings. The highest BCUT2D eigenvalue weighted by molar-refractivity contribution is 6.31. The fraction of sp³-hybridized carbons (Fsp3) is 0.667. The second-order valence-electron chi connectivity index (χ2n) is 3.83. The molecule has 0 unspecified atom stereocenters. The fourth-order valence-corrected chi connectivity index (χ4v) is 2.22. The first-order chi connectivity index (χ1) is 7.18. The second kappa shape index (κ2) is 4.18. The zero-order valence-electron chi connectivity index (χ0n) is 8.23. The minimum absolute atomic E-state index is 0.00873. The molecular weight excluding hydrogens is 218 g/mol. The highest BCUT2D eigenvalue weighted by Crippen LogP contribution is 2.31. The first-order valence-corrected chi connectivity index (χ1v) is 5.45. The Bertz CT molecular complexity index is 371. The van der Waals surface area contributed by atoms with Crippen molar-refractivity contribution in [2.24, 2.45) is 0 Å². The maximum atomic E-state index is 10.6. The van der Waals surface area contributed by atoms with Crippen LogP contribution in [0.25, 0.3) is 0 Å². The van der Waals surface area contributed by atoms with Gasteiger partial charge in [-0.05, 0) is 12.8 Å². The van der Waals surface area contributed by atoms with Crippen molar-refractivity contribution in [2.75, 3.05) is 0 Å². The molecule has 0 atom stereocenters. The van der Waals surface area contributed by atoms with E-state index in [9.17, 15) is 10.1 Å². The Morgan fingerprint density at radius 2 is 2.13 bits per heavy atom. The summed E-state index contributed by atoms with van der Waals surface area (Å²) in [5, 5.41) is 14.6.